The van der Waals surface area contributed by atoms with Crippen molar-refractivity contribution in [3.63, 3.8) is 0 Å². The highest BCUT2D eigenvalue weighted by Crippen LogP contribution is 2.20. The van der Waals surface area contributed by atoms with Crippen LogP contribution in [0.3, 0.4) is 0 Å². The minimum Gasteiger partial charge on any atom is -0.347 e. The molecule has 0 unspecified atom stereocenters. The second kappa shape index (κ2) is 5.21. The Labute approximate surface area is 108 Å². The number of H-pyrrole nitrogens is 1. The molecule has 0 aliphatic carbocycles. The van der Waals surface area contributed by atoms with Gasteiger partial charge in [0.15, 0.2) is 0 Å². The molecular weight excluding hydrogens is 261 g/mol. The van der Waals surface area contributed by atoms with Gasteiger partial charge in [-0.1, -0.05) is 23.2 Å². The first-order chi connectivity index (χ1) is 8.16. The molecule has 0 saturated carbocycles. The summed E-state index contributed by atoms with van der Waals surface area (Å²) in [4.78, 5) is 18.7. The molecule has 2 aromatic rings. The fraction of sp³-hybridized carbons (Fsp3) is 0.0909. The smallest absolute Gasteiger partial charge is 0.253 e. The first-order valence-corrected chi connectivity index (χ1v) is 5.64. The number of hydrogen-bond acceptors (Lipinski definition) is 2. The number of carbonyl (C=O) groups excluding carboxylic acids is 1. The lowest BCUT2D eigenvalue weighted by molar-refractivity contribution is 0.0950. The maximum absolute atomic E-state index is 11.8. The van der Waals surface area contributed by atoms with Gasteiger partial charge in [0.05, 0.1) is 17.1 Å². The Morgan fingerprint density at radius 3 is 2.94 bits per heavy atom. The average Bonchev–Trinajstić information content (AvgIpc) is 2.82. The number of carbonyl (C=O) groups is 1. The molecule has 1 aromatic carbocycles. The van der Waals surface area contributed by atoms with Crippen molar-refractivity contribution in [2.75, 3.05) is 0 Å². The van der Waals surface area contributed by atoms with Crippen LogP contribution in [0.5, 0.6) is 0 Å². The van der Waals surface area contributed by atoms with E-state index in [4.69, 9.17) is 23.2 Å². The van der Waals surface area contributed by atoms with E-state index >= 15 is 0 Å². The van der Waals surface area contributed by atoms with Crippen LogP contribution < -0.4 is 5.32 Å². The number of aromatic amines is 1. The summed E-state index contributed by atoms with van der Waals surface area (Å²) in [7, 11) is 0. The molecule has 6 heteroatoms. The van der Waals surface area contributed by atoms with E-state index in [1.807, 2.05) is 0 Å². The van der Waals surface area contributed by atoms with Gasteiger partial charge in [0.25, 0.3) is 5.91 Å². The molecule has 88 valence electrons. The summed E-state index contributed by atoms with van der Waals surface area (Å²) < 4.78 is 0. The van der Waals surface area contributed by atoms with Crippen molar-refractivity contribution in [1.29, 1.82) is 0 Å². The van der Waals surface area contributed by atoms with E-state index in [-0.39, 0.29) is 5.91 Å². The van der Waals surface area contributed by atoms with E-state index in [1.165, 1.54) is 6.07 Å². The van der Waals surface area contributed by atoms with E-state index < -0.39 is 0 Å². The average molecular weight is 270 g/mol. The van der Waals surface area contributed by atoms with Crippen molar-refractivity contribution in [2.24, 2.45) is 0 Å². The quantitative estimate of drug-likeness (QED) is 0.900. The van der Waals surface area contributed by atoms with Crippen molar-refractivity contribution >= 4 is 29.1 Å². The Kier molecular flexibility index (Phi) is 3.66. The zero-order chi connectivity index (χ0) is 12.3. The third-order valence-corrected chi connectivity index (χ3v) is 2.71. The molecule has 2 N–H and O–H groups in total. The molecule has 17 heavy (non-hydrogen) atoms. The zero-order valence-electron chi connectivity index (χ0n) is 8.71. The lowest BCUT2D eigenvalue weighted by Crippen LogP contribution is -2.23. The molecular formula is C11H9Cl2N3O. The molecule has 0 aliphatic rings. The minimum absolute atomic E-state index is 0.283. The van der Waals surface area contributed by atoms with Crippen molar-refractivity contribution in [3.8, 4) is 0 Å². The first-order valence-electron chi connectivity index (χ1n) is 4.88. The Morgan fingerprint density at radius 1 is 1.41 bits per heavy atom. The number of imidazole rings is 1. The SMILES string of the molecule is O=C(NCc1ncc[nH]1)c1cc(Cl)ccc1Cl. The molecule has 1 amide bonds. The number of aromatic nitrogens is 2. The van der Waals surface area contributed by atoms with Gasteiger partial charge in [-0.3, -0.25) is 4.79 Å². The molecule has 4 nitrogen and oxygen atoms in total. The summed E-state index contributed by atoms with van der Waals surface area (Å²) in [6.07, 6.45) is 3.31. The molecule has 0 aliphatic heterocycles. The van der Waals surface area contributed by atoms with Gasteiger partial charge in [0.1, 0.15) is 5.82 Å². The van der Waals surface area contributed by atoms with Crippen LogP contribution in [0.15, 0.2) is 30.6 Å². The standard InChI is InChI=1S/C11H9Cl2N3O/c12-7-1-2-9(13)8(5-7)11(17)16-6-10-14-3-4-15-10/h1-5H,6H2,(H,14,15)(H,16,17). The number of amides is 1. The molecule has 1 heterocycles. The minimum atomic E-state index is -0.283. The molecule has 2 rings (SSSR count). The summed E-state index contributed by atoms with van der Waals surface area (Å²) in [6, 6.07) is 4.75. The number of hydrogen-bond donors (Lipinski definition) is 2. The van der Waals surface area contributed by atoms with Crippen molar-refractivity contribution in [1.82, 2.24) is 15.3 Å². The summed E-state index contributed by atoms with van der Waals surface area (Å²) in [5.41, 5.74) is 0.353. The summed E-state index contributed by atoms with van der Waals surface area (Å²) >= 11 is 11.7. The van der Waals surface area contributed by atoms with Crippen molar-refractivity contribution in [3.05, 3.63) is 52.0 Å². The normalized spacial score (nSPS) is 10.2. The topological polar surface area (TPSA) is 57.8 Å². The fourth-order valence-corrected chi connectivity index (χ4v) is 1.70. The van der Waals surface area contributed by atoms with Gasteiger partial charge in [0, 0.05) is 17.4 Å². The number of rotatable bonds is 3. The number of halogens is 2. The highest BCUT2D eigenvalue weighted by atomic mass is 35.5. The molecule has 0 bridgehead atoms. The molecule has 0 spiro atoms. The Bertz CT molecular complexity index is 526. The Hall–Kier alpha value is -1.52. The predicted octanol–water partition coefficient (Wildman–Crippen LogP) is 2.65. The lowest BCUT2D eigenvalue weighted by Gasteiger charge is -2.05. The van der Waals surface area contributed by atoms with Crippen LogP contribution in [-0.2, 0) is 6.54 Å². The largest absolute Gasteiger partial charge is 0.347 e. The zero-order valence-corrected chi connectivity index (χ0v) is 10.2. The molecule has 0 saturated heterocycles. The van der Waals surface area contributed by atoms with Gasteiger partial charge in [-0.25, -0.2) is 4.98 Å². The third kappa shape index (κ3) is 2.99. The maximum Gasteiger partial charge on any atom is 0.253 e. The van der Waals surface area contributed by atoms with Crippen molar-refractivity contribution in [2.45, 2.75) is 6.54 Å². The van der Waals surface area contributed by atoms with Crippen LogP contribution in [0.4, 0.5) is 0 Å². The van der Waals surface area contributed by atoms with Crippen LogP contribution in [0.25, 0.3) is 0 Å². The van der Waals surface area contributed by atoms with Gasteiger partial charge in [-0.15, -0.1) is 0 Å². The first kappa shape index (κ1) is 12.0. The maximum atomic E-state index is 11.8. The Morgan fingerprint density at radius 2 is 2.24 bits per heavy atom. The monoisotopic (exact) mass is 269 g/mol. The van der Waals surface area contributed by atoms with Crippen LogP contribution in [-0.4, -0.2) is 15.9 Å². The molecule has 0 fully saturated rings. The highest BCUT2D eigenvalue weighted by Gasteiger charge is 2.10. The molecule has 1 aromatic heterocycles. The number of nitrogens with zero attached hydrogens (tertiary/aromatic N) is 1. The van der Waals surface area contributed by atoms with Gasteiger partial charge in [0.2, 0.25) is 0 Å². The molecule has 0 atom stereocenters. The van der Waals surface area contributed by atoms with E-state index in [2.05, 4.69) is 15.3 Å². The van der Waals surface area contributed by atoms with Crippen LogP contribution in [0, 0.1) is 0 Å². The fourth-order valence-electron chi connectivity index (χ4n) is 1.33. The predicted molar refractivity (Wildman–Crippen MR) is 66.2 cm³/mol. The third-order valence-electron chi connectivity index (χ3n) is 2.14. The number of nitrogens with one attached hydrogen (secondary N) is 2. The second-order valence-corrected chi connectivity index (χ2v) is 4.19. The van der Waals surface area contributed by atoms with E-state index in [1.54, 1.807) is 24.5 Å². The summed E-state index contributed by atoms with van der Waals surface area (Å²) in [6.45, 7) is 0.314. The van der Waals surface area contributed by atoms with Crippen LogP contribution >= 0.6 is 23.2 Å². The van der Waals surface area contributed by atoms with E-state index in [0.29, 0.717) is 28.0 Å². The Balaban J connectivity index is 2.07. The van der Waals surface area contributed by atoms with Gasteiger partial charge in [-0.2, -0.15) is 0 Å². The lowest BCUT2D eigenvalue weighted by atomic mass is 10.2. The second-order valence-electron chi connectivity index (χ2n) is 3.34. The van der Waals surface area contributed by atoms with E-state index in [0.717, 1.165) is 0 Å². The molecule has 0 radical (unpaired) electrons. The van der Waals surface area contributed by atoms with Gasteiger partial charge in [-0.05, 0) is 18.2 Å². The van der Waals surface area contributed by atoms with Crippen molar-refractivity contribution < 1.29 is 4.79 Å². The van der Waals surface area contributed by atoms with Gasteiger partial charge < -0.3 is 10.3 Å². The highest BCUT2D eigenvalue weighted by molar-refractivity contribution is 6.35. The van der Waals surface area contributed by atoms with Crippen LogP contribution in [0.1, 0.15) is 16.2 Å². The van der Waals surface area contributed by atoms with Crippen LogP contribution in [0.2, 0.25) is 10.0 Å². The summed E-state index contributed by atoms with van der Waals surface area (Å²) in [5, 5.41) is 3.53. The number of benzene rings is 1. The van der Waals surface area contributed by atoms with Gasteiger partial charge >= 0.3 is 0 Å². The van der Waals surface area contributed by atoms with E-state index in [9.17, 15) is 4.79 Å². The summed E-state index contributed by atoms with van der Waals surface area (Å²) in [5.74, 6) is 0.394.